The molecule has 0 radical (unpaired) electrons. The van der Waals surface area contributed by atoms with Gasteiger partial charge in [0.25, 0.3) is 0 Å². The number of rotatable bonds is 5. The van der Waals surface area contributed by atoms with Crippen LogP contribution in [0.25, 0.3) is 11.0 Å². The molecule has 0 bridgehead atoms. The summed E-state index contributed by atoms with van der Waals surface area (Å²) < 4.78 is 39.5. The van der Waals surface area contributed by atoms with E-state index in [2.05, 4.69) is 4.98 Å². The van der Waals surface area contributed by atoms with Gasteiger partial charge in [-0.3, -0.25) is 0 Å². The third-order valence-corrected chi connectivity index (χ3v) is 6.99. The Kier molecular flexibility index (Phi) is 4.74. The van der Waals surface area contributed by atoms with Crippen molar-refractivity contribution in [2.45, 2.75) is 25.5 Å². The number of hydrogen-bond donors (Lipinski definition) is 1. The highest BCUT2D eigenvalue weighted by Gasteiger charge is 2.29. The largest absolute Gasteiger partial charge is 0.386 e. The molecular formula is C20H21FN2O3S. The zero-order chi connectivity index (χ0) is 19.0. The number of fused-ring (bicyclic) bond motifs is 1. The molecule has 0 amide bonds. The van der Waals surface area contributed by atoms with Gasteiger partial charge in [0.05, 0.1) is 35.2 Å². The van der Waals surface area contributed by atoms with Crippen LogP contribution in [-0.4, -0.2) is 34.6 Å². The highest BCUT2D eigenvalue weighted by atomic mass is 32.2. The molecule has 5 nitrogen and oxygen atoms in total. The third kappa shape index (κ3) is 3.75. The number of halogens is 1. The Morgan fingerprint density at radius 3 is 2.67 bits per heavy atom. The molecule has 1 aromatic heterocycles. The number of hydrogen-bond acceptors (Lipinski definition) is 4. The van der Waals surface area contributed by atoms with Crippen LogP contribution in [-0.2, 0) is 22.8 Å². The van der Waals surface area contributed by atoms with Crippen LogP contribution in [0.15, 0.2) is 48.5 Å². The first kappa shape index (κ1) is 18.1. The Labute approximate surface area is 157 Å². The van der Waals surface area contributed by atoms with Crippen LogP contribution < -0.4 is 0 Å². The smallest absolute Gasteiger partial charge is 0.150 e. The number of sulfone groups is 1. The molecule has 1 N–H and O–H groups in total. The van der Waals surface area contributed by atoms with E-state index in [1.165, 1.54) is 6.07 Å². The number of aromatic nitrogens is 2. The molecule has 7 heteroatoms. The van der Waals surface area contributed by atoms with Crippen molar-refractivity contribution in [1.29, 1.82) is 0 Å². The van der Waals surface area contributed by atoms with Crippen LogP contribution in [0.5, 0.6) is 0 Å². The second-order valence-electron chi connectivity index (χ2n) is 7.14. The number of para-hydroxylation sites is 2. The lowest BCUT2D eigenvalue weighted by molar-refractivity contribution is 0.152. The summed E-state index contributed by atoms with van der Waals surface area (Å²) in [6.45, 7) is 0.163. The Balaban J connectivity index is 1.67. The molecule has 0 saturated carbocycles. The molecule has 4 rings (SSSR count). The van der Waals surface area contributed by atoms with Crippen molar-refractivity contribution in [1.82, 2.24) is 9.55 Å². The summed E-state index contributed by atoms with van der Waals surface area (Å²) in [4.78, 5) is 4.66. The third-order valence-electron chi connectivity index (χ3n) is 5.15. The Morgan fingerprint density at radius 1 is 1.19 bits per heavy atom. The second-order valence-corrected chi connectivity index (χ2v) is 9.37. The molecule has 1 fully saturated rings. The fourth-order valence-corrected chi connectivity index (χ4v) is 5.65. The van der Waals surface area contributed by atoms with Crippen molar-refractivity contribution in [3.63, 3.8) is 0 Å². The maximum absolute atomic E-state index is 14.0. The summed E-state index contributed by atoms with van der Waals surface area (Å²) in [7, 11) is -2.97. The summed E-state index contributed by atoms with van der Waals surface area (Å²) in [5, 5.41) is 10.6. The molecule has 2 aromatic carbocycles. The maximum Gasteiger partial charge on any atom is 0.150 e. The SMILES string of the molecule is O=S1(=O)CC[C@@H](Cc2nc3ccccc3n2C[C@H](O)c2ccccc2F)C1. The number of nitrogens with zero attached hydrogens (tertiary/aromatic N) is 2. The summed E-state index contributed by atoms with van der Waals surface area (Å²) in [6, 6.07) is 13.7. The molecule has 27 heavy (non-hydrogen) atoms. The summed E-state index contributed by atoms with van der Waals surface area (Å²) >= 11 is 0. The number of imidazole rings is 1. The highest BCUT2D eigenvalue weighted by Crippen LogP contribution is 2.27. The lowest BCUT2D eigenvalue weighted by Crippen LogP contribution is -2.16. The van der Waals surface area contributed by atoms with E-state index >= 15 is 0 Å². The average Bonchev–Trinajstić information content (AvgIpc) is 3.15. The molecule has 1 aliphatic rings. The molecule has 3 aromatic rings. The van der Waals surface area contributed by atoms with Gasteiger partial charge in [-0.1, -0.05) is 30.3 Å². The van der Waals surface area contributed by atoms with Crippen LogP contribution in [0.4, 0.5) is 4.39 Å². The molecule has 2 atom stereocenters. The average molecular weight is 388 g/mol. The quantitative estimate of drug-likeness (QED) is 0.730. The number of benzene rings is 2. The molecule has 1 aliphatic heterocycles. The summed E-state index contributed by atoms with van der Waals surface area (Å²) in [5.74, 6) is 0.699. The van der Waals surface area contributed by atoms with Gasteiger partial charge >= 0.3 is 0 Å². The molecule has 0 unspecified atom stereocenters. The van der Waals surface area contributed by atoms with Gasteiger partial charge < -0.3 is 9.67 Å². The van der Waals surface area contributed by atoms with E-state index in [1.54, 1.807) is 18.2 Å². The number of aliphatic hydroxyl groups is 1. The minimum absolute atomic E-state index is 0.0242. The Morgan fingerprint density at radius 2 is 1.93 bits per heavy atom. The first-order valence-electron chi connectivity index (χ1n) is 9.00. The van der Waals surface area contributed by atoms with Crippen LogP contribution in [0.3, 0.4) is 0 Å². The van der Waals surface area contributed by atoms with E-state index in [9.17, 15) is 17.9 Å². The minimum atomic E-state index is -2.97. The zero-order valence-electron chi connectivity index (χ0n) is 14.8. The van der Waals surface area contributed by atoms with Gasteiger partial charge in [-0.15, -0.1) is 0 Å². The van der Waals surface area contributed by atoms with Gasteiger partial charge in [0, 0.05) is 12.0 Å². The van der Waals surface area contributed by atoms with Crippen molar-refractivity contribution < 1.29 is 17.9 Å². The van der Waals surface area contributed by atoms with E-state index < -0.39 is 21.8 Å². The molecular weight excluding hydrogens is 367 g/mol. The fourth-order valence-electron chi connectivity index (χ4n) is 3.79. The first-order chi connectivity index (χ1) is 12.9. The van der Waals surface area contributed by atoms with E-state index in [0.29, 0.717) is 12.8 Å². The topological polar surface area (TPSA) is 72.2 Å². The van der Waals surface area contributed by atoms with Gasteiger partial charge in [-0.05, 0) is 30.5 Å². The van der Waals surface area contributed by atoms with Crippen LogP contribution in [0.2, 0.25) is 0 Å². The standard InChI is InChI=1S/C20H21FN2O3S/c21-16-6-2-1-5-15(16)19(24)12-23-18-8-4-3-7-17(18)22-20(23)11-14-9-10-27(25,26)13-14/h1-8,14,19,24H,9-13H2/t14-,19-/m0/s1. The molecule has 1 saturated heterocycles. The lowest BCUT2D eigenvalue weighted by atomic mass is 10.0. The number of aliphatic hydroxyl groups excluding tert-OH is 1. The van der Waals surface area contributed by atoms with Crippen molar-refractivity contribution in [2.24, 2.45) is 5.92 Å². The van der Waals surface area contributed by atoms with Crippen LogP contribution in [0.1, 0.15) is 23.9 Å². The second kappa shape index (κ2) is 7.05. The summed E-state index contributed by atoms with van der Waals surface area (Å²) in [5.41, 5.74) is 1.88. The van der Waals surface area contributed by atoms with Crippen molar-refractivity contribution >= 4 is 20.9 Å². The van der Waals surface area contributed by atoms with Crippen LogP contribution in [0, 0.1) is 11.7 Å². The van der Waals surface area contributed by atoms with Crippen LogP contribution >= 0.6 is 0 Å². The Hall–Kier alpha value is -2.25. The predicted molar refractivity (Wildman–Crippen MR) is 102 cm³/mol. The molecule has 142 valence electrons. The van der Waals surface area contributed by atoms with Crippen molar-refractivity contribution in [3.8, 4) is 0 Å². The Bertz CT molecular complexity index is 1080. The van der Waals surface area contributed by atoms with E-state index in [-0.39, 0.29) is 29.5 Å². The van der Waals surface area contributed by atoms with Crippen molar-refractivity contribution in [3.05, 3.63) is 65.7 Å². The maximum atomic E-state index is 14.0. The highest BCUT2D eigenvalue weighted by molar-refractivity contribution is 7.91. The first-order valence-corrected chi connectivity index (χ1v) is 10.8. The lowest BCUT2D eigenvalue weighted by Gasteiger charge is -2.17. The van der Waals surface area contributed by atoms with E-state index in [4.69, 9.17) is 0 Å². The van der Waals surface area contributed by atoms with E-state index in [0.717, 1.165) is 16.9 Å². The van der Waals surface area contributed by atoms with Crippen molar-refractivity contribution in [2.75, 3.05) is 11.5 Å². The predicted octanol–water partition coefficient (Wildman–Crippen LogP) is 2.89. The minimum Gasteiger partial charge on any atom is -0.386 e. The fraction of sp³-hybridized carbons (Fsp3) is 0.350. The van der Waals surface area contributed by atoms with Gasteiger partial charge in [0.1, 0.15) is 11.6 Å². The summed E-state index contributed by atoms with van der Waals surface area (Å²) in [6.07, 6.45) is 0.133. The van der Waals surface area contributed by atoms with E-state index in [1.807, 2.05) is 28.8 Å². The molecule has 0 spiro atoms. The molecule has 0 aliphatic carbocycles. The van der Waals surface area contributed by atoms with Gasteiger partial charge in [-0.2, -0.15) is 0 Å². The monoisotopic (exact) mass is 388 g/mol. The van der Waals surface area contributed by atoms with Gasteiger partial charge in [0.2, 0.25) is 0 Å². The molecule has 2 heterocycles. The van der Waals surface area contributed by atoms with Gasteiger partial charge in [0.15, 0.2) is 9.84 Å². The normalized spacial score (nSPS) is 20.1. The zero-order valence-corrected chi connectivity index (χ0v) is 15.6. The van der Waals surface area contributed by atoms with Gasteiger partial charge in [-0.25, -0.2) is 17.8 Å².